The topological polar surface area (TPSA) is 144 Å². The molecule has 0 spiro atoms. The van der Waals surface area contributed by atoms with Crippen LogP contribution in [-0.2, 0) is 42.6 Å². The van der Waals surface area contributed by atoms with Crippen LogP contribution in [0.3, 0.4) is 0 Å². The standard InChI is InChI=1S/C41H64O12/c1-6-30-23(4)21(2)13-27(47-30)7-9-31-22(3)14-29(48-31)11-12-41-18-34-37(52-41)38-39(51-34)40(53-41)36-32(50-38)10-8-28(49-36)16-25(43)15-24-20-46-33(35(24)45-5)17-26(44)19-42/h21,24-40,42-44H,3-4,6-20H2,1-2,5H3. The van der Waals surface area contributed by atoms with Gasteiger partial charge in [0.2, 0.25) is 0 Å². The summed E-state index contributed by atoms with van der Waals surface area (Å²) >= 11 is 0. The minimum Gasteiger partial charge on any atom is -0.394 e. The highest BCUT2D eigenvalue weighted by atomic mass is 16.8. The van der Waals surface area contributed by atoms with Crippen molar-refractivity contribution in [3.8, 4) is 0 Å². The summed E-state index contributed by atoms with van der Waals surface area (Å²) in [7, 11) is 1.63. The lowest BCUT2D eigenvalue weighted by Gasteiger charge is -2.47. The molecule has 12 heteroatoms. The molecule has 53 heavy (non-hydrogen) atoms. The Hall–Kier alpha value is -1.00. The van der Waals surface area contributed by atoms with Crippen LogP contribution in [0.2, 0.25) is 0 Å². The molecule has 9 fully saturated rings. The molecule has 9 aliphatic rings. The fourth-order valence-corrected chi connectivity index (χ4v) is 11.0. The Kier molecular flexibility index (Phi) is 11.8. The van der Waals surface area contributed by atoms with Gasteiger partial charge in [0, 0.05) is 32.3 Å². The van der Waals surface area contributed by atoms with Crippen molar-refractivity contribution in [1.82, 2.24) is 0 Å². The number of ether oxygens (including phenoxy) is 9. The number of rotatable bonds is 15. The van der Waals surface area contributed by atoms with Crippen LogP contribution in [0, 0.1) is 11.8 Å². The van der Waals surface area contributed by atoms with E-state index in [1.54, 1.807) is 7.11 Å². The molecule has 6 bridgehead atoms. The van der Waals surface area contributed by atoms with E-state index in [0.717, 1.165) is 51.4 Å². The minimum atomic E-state index is -0.858. The summed E-state index contributed by atoms with van der Waals surface area (Å²) in [6.45, 7) is 13.2. The highest BCUT2D eigenvalue weighted by Gasteiger charge is 2.68. The molecule has 0 aromatic rings. The molecule has 0 aromatic heterocycles. The van der Waals surface area contributed by atoms with E-state index in [4.69, 9.17) is 42.6 Å². The van der Waals surface area contributed by atoms with Gasteiger partial charge in [-0.05, 0) is 81.3 Å². The number of aliphatic hydroxyl groups excluding tert-OH is 3. The van der Waals surface area contributed by atoms with Crippen molar-refractivity contribution in [2.75, 3.05) is 20.3 Å². The Morgan fingerprint density at radius 1 is 0.811 bits per heavy atom. The summed E-state index contributed by atoms with van der Waals surface area (Å²) in [5.74, 6) is -0.309. The molecule has 12 nitrogen and oxygen atoms in total. The van der Waals surface area contributed by atoms with E-state index in [2.05, 4.69) is 27.0 Å². The monoisotopic (exact) mass is 748 g/mol. The average Bonchev–Trinajstić information content (AvgIpc) is 3.84. The molecule has 9 aliphatic heterocycles. The van der Waals surface area contributed by atoms with Crippen LogP contribution < -0.4 is 0 Å². The Morgan fingerprint density at radius 2 is 1.58 bits per heavy atom. The third-order valence-electron chi connectivity index (χ3n) is 13.8. The van der Waals surface area contributed by atoms with E-state index in [1.165, 1.54) is 11.1 Å². The lowest BCUT2D eigenvalue weighted by molar-refractivity contribution is -0.294. The number of hydrogen-bond donors (Lipinski definition) is 3. The Balaban J connectivity index is 0.847. The second-order valence-electron chi connectivity index (χ2n) is 17.5. The summed E-state index contributed by atoms with van der Waals surface area (Å²) in [4.78, 5) is 0. The summed E-state index contributed by atoms with van der Waals surface area (Å²) in [6, 6.07) is 0. The molecule has 9 saturated heterocycles. The Bertz CT molecular complexity index is 1300. The van der Waals surface area contributed by atoms with Gasteiger partial charge < -0.3 is 58.0 Å². The molecule has 0 radical (unpaired) electrons. The first-order chi connectivity index (χ1) is 25.6. The molecular weight excluding hydrogens is 684 g/mol. The first-order valence-corrected chi connectivity index (χ1v) is 20.7. The summed E-state index contributed by atoms with van der Waals surface area (Å²) in [5.41, 5.74) is 2.39. The van der Waals surface area contributed by atoms with Gasteiger partial charge in [-0.25, -0.2) is 0 Å². The first-order valence-electron chi connectivity index (χ1n) is 20.7. The fourth-order valence-electron chi connectivity index (χ4n) is 11.0. The SMILES string of the molecule is C=C1CC(CCC23CC4OC5C(OC6CCC(CC(O)CC7COC(CC(O)CO)C7OC)OC6C5O2)C4O3)OC1CCC1CC(C)C(=C)C(CC)O1. The van der Waals surface area contributed by atoms with E-state index in [-0.39, 0.29) is 98.0 Å². The van der Waals surface area contributed by atoms with E-state index < -0.39 is 18.0 Å². The van der Waals surface area contributed by atoms with Crippen LogP contribution in [0.1, 0.15) is 97.3 Å². The maximum atomic E-state index is 11.2. The zero-order chi connectivity index (χ0) is 37.0. The molecule has 19 atom stereocenters. The average molecular weight is 749 g/mol. The van der Waals surface area contributed by atoms with Crippen molar-refractivity contribution in [1.29, 1.82) is 0 Å². The van der Waals surface area contributed by atoms with E-state index in [9.17, 15) is 15.3 Å². The zero-order valence-corrected chi connectivity index (χ0v) is 31.9. The van der Waals surface area contributed by atoms with Gasteiger partial charge in [-0.3, -0.25) is 0 Å². The maximum absolute atomic E-state index is 11.2. The van der Waals surface area contributed by atoms with E-state index in [0.29, 0.717) is 44.6 Å². The van der Waals surface area contributed by atoms with Crippen molar-refractivity contribution >= 4 is 0 Å². The lowest BCUT2D eigenvalue weighted by atomic mass is 9.85. The van der Waals surface area contributed by atoms with E-state index >= 15 is 0 Å². The van der Waals surface area contributed by atoms with Crippen LogP contribution in [0.25, 0.3) is 0 Å². The third-order valence-corrected chi connectivity index (χ3v) is 13.8. The molecule has 0 aliphatic carbocycles. The quantitative estimate of drug-likeness (QED) is 0.209. The van der Waals surface area contributed by atoms with Gasteiger partial charge in [-0.15, -0.1) is 0 Å². The zero-order valence-electron chi connectivity index (χ0n) is 31.9. The molecule has 0 aromatic carbocycles. The molecule has 9 heterocycles. The van der Waals surface area contributed by atoms with Gasteiger partial charge in [0.15, 0.2) is 5.79 Å². The summed E-state index contributed by atoms with van der Waals surface area (Å²) in [6.07, 6.45) is 6.72. The second-order valence-corrected chi connectivity index (χ2v) is 17.5. The maximum Gasteiger partial charge on any atom is 0.172 e. The van der Waals surface area contributed by atoms with Crippen LogP contribution in [-0.4, -0.2) is 139 Å². The van der Waals surface area contributed by atoms with Gasteiger partial charge in [0.05, 0.1) is 80.4 Å². The van der Waals surface area contributed by atoms with Crippen molar-refractivity contribution in [3.63, 3.8) is 0 Å². The predicted octanol–water partition coefficient (Wildman–Crippen LogP) is 3.90. The number of fused-ring (bicyclic) bond motifs is 1. The van der Waals surface area contributed by atoms with Crippen molar-refractivity contribution in [2.24, 2.45) is 11.8 Å². The number of methoxy groups -OCH3 is 1. The highest BCUT2D eigenvalue weighted by molar-refractivity contribution is 5.14. The fraction of sp³-hybridized carbons (Fsp3) is 0.902. The molecule has 300 valence electrons. The van der Waals surface area contributed by atoms with E-state index in [1.807, 2.05) is 0 Å². The number of aliphatic hydroxyl groups is 3. The molecule has 9 rings (SSSR count). The normalized spacial score (nSPS) is 48.6. The minimum absolute atomic E-state index is 0.0146. The van der Waals surface area contributed by atoms with Gasteiger partial charge in [0.25, 0.3) is 0 Å². The number of hydrogen-bond acceptors (Lipinski definition) is 12. The van der Waals surface area contributed by atoms with Gasteiger partial charge in [-0.2, -0.15) is 0 Å². The van der Waals surface area contributed by atoms with Crippen LogP contribution >= 0.6 is 0 Å². The van der Waals surface area contributed by atoms with Crippen molar-refractivity contribution in [2.45, 2.75) is 201 Å². The van der Waals surface area contributed by atoms with Crippen molar-refractivity contribution < 1.29 is 58.0 Å². The lowest BCUT2D eigenvalue weighted by Crippen LogP contribution is -2.61. The first kappa shape index (κ1) is 38.9. The molecule has 19 unspecified atom stereocenters. The predicted molar refractivity (Wildman–Crippen MR) is 192 cm³/mol. The van der Waals surface area contributed by atoms with Gasteiger partial charge >= 0.3 is 0 Å². The molecular formula is C41H64O12. The summed E-state index contributed by atoms with van der Waals surface area (Å²) < 4.78 is 58.4. The largest absolute Gasteiger partial charge is 0.394 e. The van der Waals surface area contributed by atoms with Gasteiger partial charge in [-0.1, -0.05) is 27.0 Å². The molecule has 3 N–H and O–H groups in total. The Morgan fingerprint density at radius 3 is 2.38 bits per heavy atom. The smallest absolute Gasteiger partial charge is 0.172 e. The molecule has 0 amide bonds. The van der Waals surface area contributed by atoms with Crippen LogP contribution in [0.5, 0.6) is 0 Å². The second kappa shape index (κ2) is 16.1. The van der Waals surface area contributed by atoms with Crippen LogP contribution in [0.15, 0.2) is 24.3 Å². The molecule has 0 saturated carbocycles. The summed E-state index contributed by atoms with van der Waals surface area (Å²) in [5, 5.41) is 30.5. The Labute approximate surface area is 314 Å². The highest BCUT2D eigenvalue weighted by Crippen LogP contribution is 2.54. The third kappa shape index (κ3) is 7.84. The van der Waals surface area contributed by atoms with Crippen LogP contribution in [0.4, 0.5) is 0 Å². The van der Waals surface area contributed by atoms with Crippen molar-refractivity contribution in [3.05, 3.63) is 24.3 Å². The van der Waals surface area contributed by atoms with Gasteiger partial charge in [0.1, 0.15) is 30.5 Å².